The summed E-state index contributed by atoms with van der Waals surface area (Å²) in [7, 11) is 1.56. The molecule has 1 amide bonds. The molecule has 0 aliphatic heterocycles. The van der Waals surface area contributed by atoms with Crippen molar-refractivity contribution in [3.8, 4) is 0 Å². The van der Waals surface area contributed by atoms with Crippen LogP contribution in [0.3, 0.4) is 0 Å². The fraction of sp³-hybridized carbons (Fsp3) is 0.0833. The zero-order valence-corrected chi connectivity index (χ0v) is 9.53. The molecule has 92 valence electrons. The molecule has 0 bridgehead atoms. The van der Waals surface area contributed by atoms with E-state index in [-0.39, 0.29) is 17.4 Å². The van der Waals surface area contributed by atoms with Crippen LogP contribution in [0.15, 0.2) is 41.1 Å². The standard InChI is InChI=1S/C12H10N2O4/c1-14(11(15)10-3-2-6-18-10)8-4-5-9(12(16)17)13-7-8/h2-7H,1H3,(H,16,17). The van der Waals surface area contributed by atoms with Crippen molar-refractivity contribution in [2.45, 2.75) is 0 Å². The van der Waals surface area contributed by atoms with E-state index in [0.717, 1.165) is 0 Å². The van der Waals surface area contributed by atoms with Crippen molar-refractivity contribution in [3.05, 3.63) is 48.2 Å². The Morgan fingerprint density at radius 3 is 2.61 bits per heavy atom. The molecule has 0 aliphatic carbocycles. The summed E-state index contributed by atoms with van der Waals surface area (Å²) < 4.78 is 4.99. The van der Waals surface area contributed by atoms with Crippen molar-refractivity contribution in [3.63, 3.8) is 0 Å². The minimum Gasteiger partial charge on any atom is -0.477 e. The van der Waals surface area contributed by atoms with E-state index in [4.69, 9.17) is 9.52 Å². The molecule has 18 heavy (non-hydrogen) atoms. The monoisotopic (exact) mass is 246 g/mol. The molecule has 0 unspecified atom stereocenters. The number of amides is 1. The summed E-state index contributed by atoms with van der Waals surface area (Å²) in [5.41, 5.74) is 0.416. The topological polar surface area (TPSA) is 83.6 Å². The molecule has 0 aromatic carbocycles. The highest BCUT2D eigenvalue weighted by atomic mass is 16.4. The first-order valence-corrected chi connectivity index (χ1v) is 5.10. The number of aromatic nitrogens is 1. The number of hydrogen-bond acceptors (Lipinski definition) is 4. The number of anilines is 1. The Labute approximate surface area is 102 Å². The summed E-state index contributed by atoms with van der Waals surface area (Å²) in [5.74, 6) is -1.23. The molecule has 0 spiro atoms. The molecule has 2 aromatic rings. The Kier molecular flexibility index (Phi) is 3.09. The number of nitrogens with zero attached hydrogens (tertiary/aromatic N) is 2. The van der Waals surface area contributed by atoms with Crippen LogP contribution in [0.25, 0.3) is 0 Å². The predicted octanol–water partition coefficient (Wildman–Crippen LogP) is 1.65. The lowest BCUT2D eigenvalue weighted by Gasteiger charge is -2.15. The highest BCUT2D eigenvalue weighted by Crippen LogP contribution is 2.15. The average Bonchev–Trinajstić information content (AvgIpc) is 2.91. The Bertz CT molecular complexity index is 560. The van der Waals surface area contributed by atoms with Gasteiger partial charge in [0.05, 0.1) is 18.1 Å². The van der Waals surface area contributed by atoms with Crippen LogP contribution < -0.4 is 4.90 Å². The van der Waals surface area contributed by atoms with E-state index in [1.54, 1.807) is 19.2 Å². The largest absolute Gasteiger partial charge is 0.477 e. The summed E-state index contributed by atoms with van der Waals surface area (Å²) in [6.45, 7) is 0. The average molecular weight is 246 g/mol. The molecule has 6 heteroatoms. The van der Waals surface area contributed by atoms with Gasteiger partial charge in [-0.15, -0.1) is 0 Å². The fourth-order valence-electron chi connectivity index (χ4n) is 1.39. The van der Waals surface area contributed by atoms with Crippen LogP contribution in [-0.2, 0) is 0 Å². The Morgan fingerprint density at radius 2 is 2.11 bits per heavy atom. The highest BCUT2D eigenvalue weighted by molar-refractivity contribution is 6.03. The Balaban J connectivity index is 2.21. The maximum Gasteiger partial charge on any atom is 0.354 e. The molecule has 0 fully saturated rings. The lowest BCUT2D eigenvalue weighted by Crippen LogP contribution is -2.26. The van der Waals surface area contributed by atoms with Gasteiger partial charge in [-0.2, -0.15) is 0 Å². The van der Waals surface area contributed by atoms with Gasteiger partial charge >= 0.3 is 5.97 Å². The van der Waals surface area contributed by atoms with Crippen molar-refractivity contribution < 1.29 is 19.1 Å². The normalized spacial score (nSPS) is 10.1. The van der Waals surface area contributed by atoms with E-state index in [2.05, 4.69) is 4.98 Å². The van der Waals surface area contributed by atoms with E-state index in [9.17, 15) is 9.59 Å². The van der Waals surface area contributed by atoms with Gasteiger partial charge in [0.1, 0.15) is 5.69 Å². The smallest absolute Gasteiger partial charge is 0.354 e. The van der Waals surface area contributed by atoms with E-state index in [1.165, 1.54) is 29.5 Å². The molecule has 0 radical (unpaired) electrons. The van der Waals surface area contributed by atoms with Gasteiger partial charge in [-0.25, -0.2) is 9.78 Å². The zero-order chi connectivity index (χ0) is 13.1. The van der Waals surface area contributed by atoms with Gasteiger partial charge in [0.25, 0.3) is 5.91 Å². The first kappa shape index (κ1) is 11.8. The minimum atomic E-state index is -1.11. The molecule has 0 saturated heterocycles. The maximum atomic E-state index is 11.9. The van der Waals surface area contributed by atoms with Crippen molar-refractivity contribution in [1.29, 1.82) is 0 Å². The first-order chi connectivity index (χ1) is 8.59. The molecule has 0 saturated carbocycles. The number of rotatable bonds is 3. The Morgan fingerprint density at radius 1 is 1.33 bits per heavy atom. The van der Waals surface area contributed by atoms with Gasteiger partial charge in [-0.1, -0.05) is 0 Å². The van der Waals surface area contributed by atoms with Crippen LogP contribution in [0, 0.1) is 0 Å². The lowest BCUT2D eigenvalue weighted by atomic mass is 10.3. The summed E-state index contributed by atoms with van der Waals surface area (Å²) in [6, 6.07) is 6.02. The van der Waals surface area contributed by atoms with E-state index < -0.39 is 5.97 Å². The van der Waals surface area contributed by atoms with Crippen LogP contribution in [0.1, 0.15) is 21.0 Å². The predicted molar refractivity (Wildman–Crippen MR) is 62.6 cm³/mol. The summed E-state index contributed by atoms with van der Waals surface area (Å²) in [6.07, 6.45) is 2.73. The quantitative estimate of drug-likeness (QED) is 0.890. The third kappa shape index (κ3) is 2.22. The fourth-order valence-corrected chi connectivity index (χ4v) is 1.39. The summed E-state index contributed by atoms with van der Waals surface area (Å²) in [4.78, 5) is 27.6. The van der Waals surface area contributed by atoms with Crippen LogP contribution in [0.2, 0.25) is 0 Å². The number of carboxylic acids is 1. The van der Waals surface area contributed by atoms with Crippen LogP contribution >= 0.6 is 0 Å². The van der Waals surface area contributed by atoms with Crippen molar-refractivity contribution in [2.75, 3.05) is 11.9 Å². The lowest BCUT2D eigenvalue weighted by molar-refractivity contribution is 0.0690. The number of pyridine rings is 1. The summed E-state index contributed by atoms with van der Waals surface area (Å²) in [5, 5.41) is 8.72. The third-order valence-electron chi connectivity index (χ3n) is 2.39. The maximum absolute atomic E-state index is 11.9. The third-order valence-corrected chi connectivity index (χ3v) is 2.39. The van der Waals surface area contributed by atoms with Crippen LogP contribution in [0.5, 0.6) is 0 Å². The second-order valence-corrected chi connectivity index (χ2v) is 3.55. The molecule has 2 heterocycles. The molecule has 0 aliphatic rings. The molecule has 6 nitrogen and oxygen atoms in total. The molecular formula is C12H10N2O4. The number of furan rings is 1. The number of hydrogen-bond donors (Lipinski definition) is 1. The molecular weight excluding hydrogens is 236 g/mol. The minimum absolute atomic E-state index is 0.0717. The van der Waals surface area contributed by atoms with Crippen molar-refractivity contribution in [1.82, 2.24) is 4.98 Å². The Hall–Kier alpha value is -2.63. The number of carboxylic acid groups (broad SMARTS) is 1. The SMILES string of the molecule is CN(C(=O)c1ccco1)c1ccc(C(=O)O)nc1. The highest BCUT2D eigenvalue weighted by Gasteiger charge is 2.16. The van der Waals surface area contributed by atoms with Gasteiger partial charge in [0.15, 0.2) is 5.76 Å². The number of carbonyl (C=O) groups is 2. The van der Waals surface area contributed by atoms with Crippen molar-refractivity contribution >= 4 is 17.6 Å². The summed E-state index contributed by atoms with van der Waals surface area (Å²) >= 11 is 0. The van der Waals surface area contributed by atoms with Gasteiger partial charge < -0.3 is 14.4 Å². The second-order valence-electron chi connectivity index (χ2n) is 3.55. The van der Waals surface area contributed by atoms with Crippen LogP contribution in [-0.4, -0.2) is 29.0 Å². The number of carbonyl (C=O) groups excluding carboxylic acids is 1. The van der Waals surface area contributed by atoms with Gasteiger partial charge in [0, 0.05) is 7.05 Å². The van der Waals surface area contributed by atoms with Crippen molar-refractivity contribution in [2.24, 2.45) is 0 Å². The van der Waals surface area contributed by atoms with E-state index >= 15 is 0 Å². The van der Waals surface area contributed by atoms with Crippen LogP contribution in [0.4, 0.5) is 5.69 Å². The van der Waals surface area contributed by atoms with Gasteiger partial charge in [-0.05, 0) is 24.3 Å². The second kappa shape index (κ2) is 4.70. The molecule has 2 aromatic heterocycles. The number of aromatic carboxylic acids is 1. The van der Waals surface area contributed by atoms with E-state index in [0.29, 0.717) is 5.69 Å². The molecule has 0 atom stereocenters. The van der Waals surface area contributed by atoms with Gasteiger partial charge in [-0.3, -0.25) is 4.79 Å². The molecule has 2 rings (SSSR count). The molecule has 1 N–H and O–H groups in total. The first-order valence-electron chi connectivity index (χ1n) is 5.10. The van der Waals surface area contributed by atoms with Gasteiger partial charge in [0.2, 0.25) is 0 Å². The van der Waals surface area contributed by atoms with E-state index in [1.807, 2.05) is 0 Å². The zero-order valence-electron chi connectivity index (χ0n) is 9.53.